The SMILES string of the molecule is O=C(CBr)Nc1cccnc1SSc1ncccc1NC(=O)CBr. The molecule has 0 unspecified atom stereocenters. The van der Waals surface area contributed by atoms with E-state index in [0.717, 1.165) is 0 Å². The molecule has 0 aliphatic rings. The maximum Gasteiger partial charge on any atom is 0.235 e. The number of hydrogen-bond donors (Lipinski definition) is 2. The van der Waals surface area contributed by atoms with Crippen LogP contribution in [-0.2, 0) is 9.59 Å². The Labute approximate surface area is 163 Å². The van der Waals surface area contributed by atoms with Crippen molar-refractivity contribution in [2.45, 2.75) is 10.1 Å². The van der Waals surface area contributed by atoms with Crippen molar-refractivity contribution < 1.29 is 9.59 Å². The lowest BCUT2D eigenvalue weighted by Crippen LogP contribution is -2.13. The van der Waals surface area contributed by atoms with Gasteiger partial charge in [-0.05, 0) is 45.9 Å². The quantitative estimate of drug-likeness (QED) is 0.450. The number of hydrogen-bond acceptors (Lipinski definition) is 6. The first-order valence-corrected chi connectivity index (χ1v) is 11.0. The highest BCUT2D eigenvalue weighted by molar-refractivity contribution is 9.09. The molecule has 0 bridgehead atoms. The van der Waals surface area contributed by atoms with Crippen LogP contribution in [0.2, 0.25) is 0 Å². The highest BCUT2D eigenvalue weighted by atomic mass is 79.9. The van der Waals surface area contributed by atoms with Crippen molar-refractivity contribution in [1.29, 1.82) is 0 Å². The van der Waals surface area contributed by atoms with E-state index < -0.39 is 0 Å². The number of amides is 2. The Kier molecular flexibility index (Phi) is 8.03. The number of carbonyl (C=O) groups is 2. The molecule has 24 heavy (non-hydrogen) atoms. The zero-order valence-electron chi connectivity index (χ0n) is 12.2. The molecule has 2 amide bonds. The Balaban J connectivity index is 2.11. The smallest absolute Gasteiger partial charge is 0.235 e. The summed E-state index contributed by atoms with van der Waals surface area (Å²) in [4.78, 5) is 31.7. The third-order valence-corrected chi connectivity index (χ3v) is 5.80. The summed E-state index contributed by atoms with van der Waals surface area (Å²) >= 11 is 6.23. The Morgan fingerprint density at radius 2 is 1.29 bits per heavy atom. The molecule has 2 aromatic rings. The summed E-state index contributed by atoms with van der Waals surface area (Å²) in [6.45, 7) is 0. The van der Waals surface area contributed by atoms with Gasteiger partial charge in [0.1, 0.15) is 10.1 Å². The molecule has 0 atom stereocenters. The van der Waals surface area contributed by atoms with E-state index >= 15 is 0 Å². The van der Waals surface area contributed by atoms with Crippen LogP contribution in [0.4, 0.5) is 11.4 Å². The topological polar surface area (TPSA) is 84.0 Å². The fourth-order valence-electron chi connectivity index (χ4n) is 1.55. The van der Waals surface area contributed by atoms with Crippen LogP contribution in [0.3, 0.4) is 0 Å². The number of carbonyl (C=O) groups excluding carboxylic acids is 2. The summed E-state index contributed by atoms with van der Waals surface area (Å²) in [5, 5.41) is 7.27. The van der Waals surface area contributed by atoms with Gasteiger partial charge in [0.05, 0.1) is 22.0 Å². The van der Waals surface area contributed by atoms with Crippen LogP contribution >= 0.6 is 53.4 Å². The zero-order chi connectivity index (χ0) is 17.4. The molecule has 0 radical (unpaired) electrons. The summed E-state index contributed by atoms with van der Waals surface area (Å²) in [6, 6.07) is 7.06. The Morgan fingerprint density at radius 1 is 0.875 bits per heavy atom. The van der Waals surface area contributed by atoms with Gasteiger partial charge >= 0.3 is 0 Å². The van der Waals surface area contributed by atoms with Gasteiger partial charge in [-0.25, -0.2) is 9.97 Å². The van der Waals surface area contributed by atoms with E-state index in [0.29, 0.717) is 21.4 Å². The molecule has 126 valence electrons. The number of nitrogens with zero attached hydrogens (tertiary/aromatic N) is 2. The molecule has 2 N–H and O–H groups in total. The van der Waals surface area contributed by atoms with E-state index in [1.54, 1.807) is 36.7 Å². The third kappa shape index (κ3) is 5.76. The van der Waals surface area contributed by atoms with Gasteiger partial charge < -0.3 is 10.6 Å². The van der Waals surface area contributed by atoms with Crippen LogP contribution in [0.25, 0.3) is 0 Å². The molecule has 0 fully saturated rings. The second-order valence-corrected chi connectivity index (χ2v) is 7.47. The van der Waals surface area contributed by atoms with Crippen molar-refractivity contribution in [3.8, 4) is 0 Å². The molecule has 0 spiro atoms. The van der Waals surface area contributed by atoms with Gasteiger partial charge in [-0.2, -0.15) is 0 Å². The molecular formula is C14H12Br2N4O2S2. The highest BCUT2D eigenvalue weighted by Gasteiger charge is 2.12. The Bertz CT molecular complexity index is 672. The first-order valence-electron chi connectivity index (χ1n) is 6.60. The van der Waals surface area contributed by atoms with Gasteiger partial charge in [0, 0.05) is 12.4 Å². The fraction of sp³-hybridized carbons (Fsp3) is 0.143. The monoisotopic (exact) mass is 490 g/mol. The fourth-order valence-corrected chi connectivity index (χ4v) is 3.89. The van der Waals surface area contributed by atoms with E-state index in [4.69, 9.17) is 0 Å². The second-order valence-electron chi connectivity index (χ2n) is 4.24. The maximum atomic E-state index is 11.6. The molecule has 0 saturated heterocycles. The molecule has 2 aromatic heterocycles. The molecular weight excluding hydrogens is 480 g/mol. The molecule has 0 aliphatic carbocycles. The first kappa shape index (κ1) is 19.2. The van der Waals surface area contributed by atoms with Crippen LogP contribution in [0.1, 0.15) is 0 Å². The summed E-state index contributed by atoms with van der Waals surface area (Å²) in [5.41, 5.74) is 1.25. The number of pyridine rings is 2. The van der Waals surface area contributed by atoms with Crippen molar-refractivity contribution in [1.82, 2.24) is 9.97 Å². The lowest BCUT2D eigenvalue weighted by Gasteiger charge is -2.10. The van der Waals surface area contributed by atoms with E-state index in [-0.39, 0.29) is 22.5 Å². The minimum absolute atomic E-state index is 0.155. The van der Waals surface area contributed by atoms with Crippen LogP contribution in [-0.4, -0.2) is 32.4 Å². The van der Waals surface area contributed by atoms with Gasteiger partial charge in [-0.3, -0.25) is 9.59 Å². The van der Waals surface area contributed by atoms with Crippen molar-refractivity contribution in [2.75, 3.05) is 21.3 Å². The molecule has 2 rings (SSSR count). The van der Waals surface area contributed by atoms with Crippen molar-refractivity contribution in [2.24, 2.45) is 0 Å². The molecule has 10 heteroatoms. The standard InChI is InChI=1S/C14H12Br2N4O2S2/c15-7-11(21)19-9-3-1-5-17-13(9)23-24-14-10(4-2-6-18-14)20-12(22)8-16/h1-6H,7-8H2,(H,19,21)(H,20,22). The van der Waals surface area contributed by atoms with Gasteiger partial charge in [-0.15, -0.1) is 0 Å². The van der Waals surface area contributed by atoms with Gasteiger partial charge in [0.15, 0.2) is 0 Å². The minimum Gasteiger partial charge on any atom is -0.323 e. The lowest BCUT2D eigenvalue weighted by atomic mass is 10.4. The Morgan fingerprint density at radius 3 is 1.67 bits per heavy atom. The van der Waals surface area contributed by atoms with Crippen LogP contribution in [0.15, 0.2) is 46.7 Å². The normalized spacial score (nSPS) is 10.2. The number of nitrogens with one attached hydrogen (secondary N) is 2. The van der Waals surface area contributed by atoms with Crippen LogP contribution in [0.5, 0.6) is 0 Å². The molecule has 0 aromatic carbocycles. The van der Waals surface area contributed by atoms with E-state index in [1.807, 2.05) is 0 Å². The first-order chi connectivity index (χ1) is 11.6. The summed E-state index contributed by atoms with van der Waals surface area (Å²) < 4.78 is 0. The number of alkyl halides is 2. The molecule has 0 aliphatic heterocycles. The minimum atomic E-state index is -0.155. The predicted molar refractivity (Wildman–Crippen MR) is 105 cm³/mol. The van der Waals surface area contributed by atoms with Crippen LogP contribution in [0, 0.1) is 0 Å². The van der Waals surface area contributed by atoms with Crippen LogP contribution < -0.4 is 10.6 Å². The average Bonchev–Trinajstić information content (AvgIpc) is 2.61. The van der Waals surface area contributed by atoms with Crippen molar-refractivity contribution in [3.05, 3.63) is 36.7 Å². The lowest BCUT2D eigenvalue weighted by molar-refractivity contribution is -0.114. The average molecular weight is 492 g/mol. The Hall–Kier alpha value is -1.10. The van der Waals surface area contributed by atoms with Crippen molar-refractivity contribution >= 4 is 76.6 Å². The highest BCUT2D eigenvalue weighted by Crippen LogP contribution is 2.41. The number of rotatable bonds is 7. The third-order valence-electron chi connectivity index (χ3n) is 2.53. The molecule has 6 nitrogen and oxygen atoms in total. The van der Waals surface area contributed by atoms with E-state index in [2.05, 4.69) is 52.5 Å². The predicted octanol–water partition coefficient (Wildman–Crippen LogP) is 3.94. The number of aromatic nitrogens is 2. The summed E-state index contributed by atoms with van der Waals surface area (Å²) in [7, 11) is 2.70. The van der Waals surface area contributed by atoms with Gasteiger partial charge in [-0.1, -0.05) is 31.9 Å². The second kappa shape index (κ2) is 10.0. The van der Waals surface area contributed by atoms with Gasteiger partial charge in [0.25, 0.3) is 0 Å². The zero-order valence-corrected chi connectivity index (χ0v) is 17.0. The largest absolute Gasteiger partial charge is 0.323 e. The number of halogens is 2. The number of anilines is 2. The van der Waals surface area contributed by atoms with E-state index in [9.17, 15) is 9.59 Å². The van der Waals surface area contributed by atoms with E-state index in [1.165, 1.54) is 21.6 Å². The van der Waals surface area contributed by atoms with Gasteiger partial charge in [0.2, 0.25) is 11.8 Å². The summed E-state index contributed by atoms with van der Waals surface area (Å²) in [6.07, 6.45) is 3.30. The maximum absolute atomic E-state index is 11.6. The molecule has 0 saturated carbocycles. The van der Waals surface area contributed by atoms with Crippen molar-refractivity contribution in [3.63, 3.8) is 0 Å². The molecule has 2 heterocycles. The summed E-state index contributed by atoms with van der Waals surface area (Å²) in [5.74, 6) is -0.309.